The van der Waals surface area contributed by atoms with Gasteiger partial charge in [0.15, 0.2) is 4.32 Å². The Labute approximate surface area is 169 Å². The summed E-state index contributed by atoms with van der Waals surface area (Å²) in [6, 6.07) is 11.6. The Bertz CT molecular complexity index is 1080. The number of benzene rings is 1. The summed E-state index contributed by atoms with van der Waals surface area (Å²) < 4.78 is 2.45. The van der Waals surface area contributed by atoms with Crippen molar-refractivity contribution in [3.05, 3.63) is 63.3 Å². The van der Waals surface area contributed by atoms with Gasteiger partial charge in [0.1, 0.15) is 0 Å². The molecule has 2 aromatic heterocycles. The van der Waals surface area contributed by atoms with Gasteiger partial charge in [-0.05, 0) is 42.7 Å². The average molecular weight is 414 g/mol. The highest BCUT2D eigenvalue weighted by atomic mass is 32.2. The number of thioether (sulfide) groups is 1. The van der Waals surface area contributed by atoms with Gasteiger partial charge in [-0.2, -0.15) is 5.01 Å². The maximum atomic E-state index is 12.8. The zero-order chi connectivity index (χ0) is 19.0. The molecule has 0 atom stereocenters. The van der Waals surface area contributed by atoms with E-state index in [-0.39, 0.29) is 11.8 Å². The molecule has 0 bridgehead atoms. The fourth-order valence-electron chi connectivity index (χ4n) is 2.92. The molecule has 1 aromatic carbocycles. The van der Waals surface area contributed by atoms with E-state index in [9.17, 15) is 9.59 Å². The molecule has 5 nitrogen and oxygen atoms in total. The summed E-state index contributed by atoms with van der Waals surface area (Å²) in [6.45, 7) is 2.92. The fraction of sp³-hybridized carbons (Fsp3) is 0.105. The molecule has 1 fully saturated rings. The number of amides is 2. The van der Waals surface area contributed by atoms with Crippen molar-refractivity contribution in [3.63, 3.8) is 0 Å². The second kappa shape index (κ2) is 7.30. The van der Waals surface area contributed by atoms with Gasteiger partial charge in [-0.1, -0.05) is 36.0 Å². The van der Waals surface area contributed by atoms with Crippen LogP contribution in [0, 0.1) is 0 Å². The molecule has 1 aliphatic heterocycles. The number of fused-ring (bicyclic) bond motifs is 1. The van der Waals surface area contributed by atoms with Gasteiger partial charge in [-0.25, -0.2) is 0 Å². The Morgan fingerprint density at radius 2 is 2.07 bits per heavy atom. The van der Waals surface area contributed by atoms with Crippen molar-refractivity contribution in [2.45, 2.75) is 13.5 Å². The lowest BCUT2D eigenvalue weighted by Gasteiger charge is -2.14. The van der Waals surface area contributed by atoms with E-state index >= 15 is 0 Å². The maximum absolute atomic E-state index is 12.8. The van der Waals surface area contributed by atoms with Crippen molar-refractivity contribution in [3.8, 4) is 0 Å². The third kappa shape index (κ3) is 3.31. The van der Waals surface area contributed by atoms with Crippen LogP contribution < -0.4 is 5.43 Å². The number of hydrogen-bond donors (Lipinski definition) is 1. The Kier molecular flexibility index (Phi) is 4.86. The topological polar surface area (TPSA) is 54.3 Å². The molecule has 2 amide bonds. The largest absolute Gasteiger partial charge is 0.347 e. The average Bonchev–Trinajstić information content (AvgIpc) is 3.38. The highest BCUT2D eigenvalue weighted by molar-refractivity contribution is 8.26. The van der Waals surface area contributed by atoms with E-state index in [0.29, 0.717) is 14.1 Å². The molecule has 3 aromatic rings. The van der Waals surface area contributed by atoms with Crippen molar-refractivity contribution in [2.24, 2.45) is 0 Å². The molecule has 0 spiro atoms. The molecule has 1 saturated heterocycles. The number of hydrogen-bond acceptors (Lipinski definition) is 5. The van der Waals surface area contributed by atoms with Crippen molar-refractivity contribution < 1.29 is 9.59 Å². The van der Waals surface area contributed by atoms with E-state index in [0.717, 1.165) is 28.0 Å². The first-order chi connectivity index (χ1) is 13.1. The van der Waals surface area contributed by atoms with Gasteiger partial charge in [-0.3, -0.25) is 15.0 Å². The number of thiocarbonyl (C=S) groups is 1. The van der Waals surface area contributed by atoms with Crippen LogP contribution in [0.4, 0.5) is 0 Å². The van der Waals surface area contributed by atoms with Crippen molar-refractivity contribution in [2.75, 3.05) is 0 Å². The van der Waals surface area contributed by atoms with Crippen LogP contribution in [-0.4, -0.2) is 25.7 Å². The van der Waals surface area contributed by atoms with Crippen LogP contribution >= 0.6 is 35.3 Å². The van der Waals surface area contributed by atoms with Crippen molar-refractivity contribution >= 4 is 68.4 Å². The zero-order valence-electron chi connectivity index (χ0n) is 14.3. The molecule has 1 N–H and O–H groups in total. The van der Waals surface area contributed by atoms with Gasteiger partial charge in [0, 0.05) is 29.2 Å². The molecule has 136 valence electrons. The SMILES string of the molecule is CCn1cc(/C=C2\SC(=S)N(NC(=O)c3cccs3)C2=O)c2ccccc21. The van der Waals surface area contributed by atoms with Gasteiger partial charge in [0.25, 0.3) is 11.8 Å². The first kappa shape index (κ1) is 18.0. The minimum Gasteiger partial charge on any atom is -0.347 e. The maximum Gasteiger partial charge on any atom is 0.285 e. The third-order valence-corrected chi connectivity index (χ3v) is 6.37. The second-order valence-corrected chi connectivity index (χ2v) is 8.45. The highest BCUT2D eigenvalue weighted by Crippen LogP contribution is 2.33. The first-order valence-electron chi connectivity index (χ1n) is 8.29. The summed E-state index contributed by atoms with van der Waals surface area (Å²) >= 11 is 7.79. The van der Waals surface area contributed by atoms with Crippen LogP contribution in [0.3, 0.4) is 0 Å². The third-order valence-electron chi connectivity index (χ3n) is 4.20. The minimum atomic E-state index is -0.342. The zero-order valence-corrected chi connectivity index (χ0v) is 16.8. The predicted octanol–water partition coefficient (Wildman–Crippen LogP) is 4.27. The Balaban J connectivity index is 1.63. The van der Waals surface area contributed by atoms with E-state index in [2.05, 4.69) is 23.0 Å². The number of aryl methyl sites for hydroxylation is 1. The molecule has 27 heavy (non-hydrogen) atoms. The normalized spacial score (nSPS) is 15.9. The number of nitrogens with zero attached hydrogens (tertiary/aromatic N) is 2. The van der Waals surface area contributed by atoms with Gasteiger partial charge in [-0.15, -0.1) is 11.3 Å². The van der Waals surface area contributed by atoms with E-state index < -0.39 is 0 Å². The summed E-state index contributed by atoms with van der Waals surface area (Å²) in [4.78, 5) is 26.0. The molecule has 4 rings (SSSR count). The lowest BCUT2D eigenvalue weighted by molar-refractivity contribution is -0.123. The molecular weight excluding hydrogens is 398 g/mol. The number of carbonyl (C=O) groups is 2. The van der Waals surface area contributed by atoms with Gasteiger partial charge in [0.05, 0.1) is 9.78 Å². The number of rotatable bonds is 4. The Morgan fingerprint density at radius 1 is 1.26 bits per heavy atom. The standard InChI is InChI=1S/C19H15N3O2S3/c1-2-21-11-12(13-6-3-4-7-14(13)21)10-16-18(24)22(19(25)27-16)20-17(23)15-8-5-9-26-15/h3-11H,2H2,1H3,(H,20,23)/b16-10-. The predicted molar refractivity (Wildman–Crippen MR) is 114 cm³/mol. The van der Waals surface area contributed by atoms with Gasteiger partial charge >= 0.3 is 0 Å². The van der Waals surface area contributed by atoms with Crippen molar-refractivity contribution in [1.82, 2.24) is 15.0 Å². The molecule has 0 saturated carbocycles. The lowest BCUT2D eigenvalue weighted by atomic mass is 10.1. The lowest BCUT2D eigenvalue weighted by Crippen LogP contribution is -2.44. The minimum absolute atomic E-state index is 0.315. The number of nitrogens with one attached hydrogen (secondary N) is 1. The van der Waals surface area contributed by atoms with E-state index in [1.807, 2.05) is 35.9 Å². The molecule has 0 unspecified atom stereocenters. The monoisotopic (exact) mass is 413 g/mol. The summed E-state index contributed by atoms with van der Waals surface area (Å²) in [7, 11) is 0. The Hall–Kier alpha value is -2.42. The van der Waals surface area contributed by atoms with Crippen molar-refractivity contribution in [1.29, 1.82) is 0 Å². The molecule has 0 radical (unpaired) electrons. The summed E-state index contributed by atoms with van der Waals surface area (Å²) in [5.41, 5.74) is 4.67. The quantitative estimate of drug-likeness (QED) is 0.513. The first-order valence-corrected chi connectivity index (χ1v) is 10.4. The number of carbonyl (C=O) groups excluding carboxylic acids is 2. The van der Waals surface area contributed by atoms with Gasteiger partial charge < -0.3 is 4.57 Å². The number of thiophene rings is 1. The van der Waals surface area contributed by atoms with E-state index in [1.54, 1.807) is 12.1 Å². The summed E-state index contributed by atoms with van der Waals surface area (Å²) in [6.07, 6.45) is 3.87. The molecular formula is C19H15N3O2S3. The molecule has 0 aliphatic carbocycles. The van der Waals surface area contributed by atoms with Crippen LogP contribution in [0.5, 0.6) is 0 Å². The molecule has 1 aliphatic rings. The van der Waals surface area contributed by atoms with Crippen LogP contribution in [0.1, 0.15) is 22.2 Å². The molecule has 3 heterocycles. The number of aromatic nitrogens is 1. The second-order valence-electron chi connectivity index (χ2n) is 5.82. The Morgan fingerprint density at radius 3 is 2.81 bits per heavy atom. The van der Waals surface area contributed by atoms with E-state index in [1.165, 1.54) is 23.1 Å². The van der Waals surface area contributed by atoms with E-state index in [4.69, 9.17) is 12.2 Å². The van der Waals surface area contributed by atoms with Crippen LogP contribution in [0.2, 0.25) is 0 Å². The number of hydrazine groups is 1. The smallest absolute Gasteiger partial charge is 0.285 e. The van der Waals surface area contributed by atoms with Crippen LogP contribution in [0.25, 0.3) is 17.0 Å². The molecule has 8 heteroatoms. The van der Waals surface area contributed by atoms with Crippen LogP contribution in [0.15, 0.2) is 52.9 Å². The highest BCUT2D eigenvalue weighted by Gasteiger charge is 2.34. The fourth-order valence-corrected chi connectivity index (χ4v) is 4.71. The van der Waals surface area contributed by atoms with Gasteiger partial charge in [0.2, 0.25) is 0 Å². The number of para-hydroxylation sites is 1. The summed E-state index contributed by atoms with van der Waals surface area (Å²) in [5.74, 6) is -0.659. The van der Waals surface area contributed by atoms with Crippen LogP contribution in [-0.2, 0) is 11.3 Å². The summed E-state index contributed by atoms with van der Waals surface area (Å²) in [5, 5.41) is 4.03.